The number of anilines is 1. The predicted molar refractivity (Wildman–Crippen MR) is 76.7 cm³/mol. The molecule has 0 saturated carbocycles. The highest BCUT2D eigenvalue weighted by molar-refractivity contribution is 6.33. The van der Waals surface area contributed by atoms with Crippen LogP contribution in [-0.4, -0.2) is 23.4 Å². The fourth-order valence-electron chi connectivity index (χ4n) is 2.17. The lowest BCUT2D eigenvalue weighted by Crippen LogP contribution is -2.46. The van der Waals surface area contributed by atoms with Gasteiger partial charge in [0.15, 0.2) is 0 Å². The average molecular weight is 267 g/mol. The number of rotatable bonds is 2. The van der Waals surface area contributed by atoms with Gasteiger partial charge in [-0.3, -0.25) is 5.43 Å². The Morgan fingerprint density at radius 2 is 2.22 bits per heavy atom. The summed E-state index contributed by atoms with van der Waals surface area (Å²) in [7, 11) is 0. The van der Waals surface area contributed by atoms with Gasteiger partial charge in [-0.15, -0.1) is 5.10 Å². The van der Waals surface area contributed by atoms with Gasteiger partial charge < -0.3 is 10.6 Å². The molecule has 0 aliphatic carbocycles. The molecule has 2 rings (SSSR count). The zero-order chi connectivity index (χ0) is 13.0. The van der Waals surface area contributed by atoms with Crippen LogP contribution in [0.1, 0.15) is 26.2 Å². The molecule has 1 aliphatic rings. The maximum Gasteiger partial charge on any atom is 0.214 e. The fraction of sp³-hybridized carbons (Fsp3) is 0.462. The number of piperidine rings is 1. The lowest BCUT2D eigenvalue weighted by molar-refractivity contribution is 0.255. The summed E-state index contributed by atoms with van der Waals surface area (Å²) in [6.07, 6.45) is 3.61. The van der Waals surface area contributed by atoms with E-state index in [1.807, 2.05) is 24.3 Å². The number of hydrogen-bond donors (Lipinski definition) is 2. The van der Waals surface area contributed by atoms with Gasteiger partial charge in [-0.1, -0.05) is 23.7 Å². The Balaban J connectivity index is 2.02. The first-order valence-corrected chi connectivity index (χ1v) is 6.66. The lowest BCUT2D eigenvalue weighted by atomic mass is 10.0. The van der Waals surface area contributed by atoms with Gasteiger partial charge in [-0.25, -0.2) is 0 Å². The zero-order valence-electron chi connectivity index (χ0n) is 10.6. The van der Waals surface area contributed by atoms with Gasteiger partial charge in [0.05, 0.1) is 10.7 Å². The topological polar surface area (TPSA) is 53.6 Å². The summed E-state index contributed by atoms with van der Waals surface area (Å²) in [4.78, 5) is 2.13. The van der Waals surface area contributed by atoms with Crippen molar-refractivity contribution in [2.75, 3.05) is 12.0 Å². The van der Waals surface area contributed by atoms with Crippen LogP contribution in [0.25, 0.3) is 0 Å². The van der Waals surface area contributed by atoms with Crippen LogP contribution >= 0.6 is 11.6 Å². The number of halogens is 1. The van der Waals surface area contributed by atoms with Crippen LogP contribution in [0.4, 0.5) is 5.69 Å². The molecule has 98 valence electrons. The molecule has 1 aromatic rings. The maximum absolute atomic E-state index is 6.04. The van der Waals surface area contributed by atoms with Crippen molar-refractivity contribution in [1.82, 2.24) is 4.90 Å². The summed E-state index contributed by atoms with van der Waals surface area (Å²) in [6.45, 7) is 3.15. The number of nitrogens with one attached hydrogen (secondary N) is 1. The van der Waals surface area contributed by atoms with Crippen molar-refractivity contribution in [3.63, 3.8) is 0 Å². The van der Waals surface area contributed by atoms with Crippen LogP contribution in [0.2, 0.25) is 5.02 Å². The molecule has 0 bridgehead atoms. The molecule has 0 radical (unpaired) electrons. The van der Waals surface area contributed by atoms with Gasteiger partial charge in [-0.05, 0) is 38.3 Å². The number of guanidine groups is 1. The number of para-hydroxylation sites is 1. The average Bonchev–Trinajstić information content (AvgIpc) is 2.38. The molecular weight excluding hydrogens is 248 g/mol. The van der Waals surface area contributed by atoms with Crippen LogP contribution in [0.15, 0.2) is 29.4 Å². The molecule has 1 atom stereocenters. The first kappa shape index (κ1) is 13.0. The number of hydrazone groups is 1. The molecule has 0 spiro atoms. The number of hydrogen-bond acceptors (Lipinski definition) is 2. The van der Waals surface area contributed by atoms with E-state index >= 15 is 0 Å². The minimum Gasteiger partial charge on any atom is -0.368 e. The maximum atomic E-state index is 6.04. The van der Waals surface area contributed by atoms with Crippen LogP contribution in [-0.2, 0) is 0 Å². The second-order valence-electron chi connectivity index (χ2n) is 4.60. The molecule has 5 heteroatoms. The molecule has 1 unspecified atom stereocenters. The predicted octanol–water partition coefficient (Wildman–Crippen LogP) is 2.86. The van der Waals surface area contributed by atoms with E-state index in [1.165, 1.54) is 19.3 Å². The summed E-state index contributed by atoms with van der Waals surface area (Å²) in [5.74, 6) is 0.530. The number of nitrogens with two attached hydrogens (primary N) is 1. The van der Waals surface area contributed by atoms with Crippen LogP contribution in [0, 0.1) is 0 Å². The molecule has 0 amide bonds. The van der Waals surface area contributed by atoms with Crippen LogP contribution in [0.5, 0.6) is 0 Å². The first-order chi connectivity index (χ1) is 8.68. The first-order valence-electron chi connectivity index (χ1n) is 6.29. The second kappa shape index (κ2) is 5.96. The SMILES string of the molecule is CC1CCCCN1/C(N)=N/Nc1ccccc1Cl. The third-order valence-corrected chi connectivity index (χ3v) is 3.59. The summed E-state index contributed by atoms with van der Waals surface area (Å²) in [5, 5.41) is 4.85. The highest BCUT2D eigenvalue weighted by Crippen LogP contribution is 2.20. The van der Waals surface area contributed by atoms with Crippen molar-refractivity contribution >= 4 is 23.2 Å². The second-order valence-corrected chi connectivity index (χ2v) is 5.01. The Bertz CT molecular complexity index is 433. The largest absolute Gasteiger partial charge is 0.368 e. The molecule has 1 fully saturated rings. The third kappa shape index (κ3) is 3.07. The zero-order valence-corrected chi connectivity index (χ0v) is 11.3. The summed E-state index contributed by atoms with van der Waals surface area (Å²) < 4.78 is 0. The van der Waals surface area contributed by atoms with E-state index in [9.17, 15) is 0 Å². The Morgan fingerprint density at radius 3 is 2.94 bits per heavy atom. The smallest absolute Gasteiger partial charge is 0.214 e. The molecule has 1 aliphatic heterocycles. The minimum atomic E-state index is 0.454. The van der Waals surface area contributed by atoms with Crippen molar-refractivity contribution in [1.29, 1.82) is 0 Å². The van der Waals surface area contributed by atoms with Crippen molar-refractivity contribution in [3.05, 3.63) is 29.3 Å². The van der Waals surface area contributed by atoms with Gasteiger partial charge in [-0.2, -0.15) is 0 Å². The summed E-state index contributed by atoms with van der Waals surface area (Å²) >= 11 is 6.04. The van der Waals surface area contributed by atoms with Crippen LogP contribution in [0.3, 0.4) is 0 Å². The quantitative estimate of drug-likeness (QED) is 0.492. The Kier molecular flexibility index (Phi) is 4.31. The van der Waals surface area contributed by atoms with Crippen molar-refractivity contribution in [2.24, 2.45) is 10.8 Å². The van der Waals surface area contributed by atoms with Gasteiger partial charge in [0.25, 0.3) is 0 Å². The van der Waals surface area contributed by atoms with Crippen molar-refractivity contribution < 1.29 is 0 Å². The minimum absolute atomic E-state index is 0.454. The van der Waals surface area contributed by atoms with Crippen LogP contribution < -0.4 is 11.2 Å². The lowest BCUT2D eigenvalue weighted by Gasteiger charge is -2.33. The number of nitrogens with zero attached hydrogens (tertiary/aromatic N) is 2. The van der Waals surface area contributed by atoms with E-state index in [1.54, 1.807) is 0 Å². The molecule has 1 heterocycles. The standard InChI is InChI=1S/C13H19ClN4/c1-10-6-4-5-9-18(10)13(15)17-16-12-8-3-2-7-11(12)14/h2-3,7-8,10,16H,4-6,9H2,1H3,(H2,15,17). The monoisotopic (exact) mass is 266 g/mol. The summed E-state index contributed by atoms with van der Waals surface area (Å²) in [5.41, 5.74) is 9.70. The van der Waals surface area contributed by atoms with Gasteiger partial charge in [0, 0.05) is 12.6 Å². The molecule has 3 N–H and O–H groups in total. The van der Waals surface area contributed by atoms with Crippen molar-refractivity contribution in [3.8, 4) is 0 Å². The molecule has 18 heavy (non-hydrogen) atoms. The fourth-order valence-corrected chi connectivity index (χ4v) is 2.35. The highest BCUT2D eigenvalue weighted by atomic mass is 35.5. The Hall–Kier alpha value is -1.42. The van der Waals surface area contributed by atoms with E-state index in [4.69, 9.17) is 17.3 Å². The molecule has 1 aromatic carbocycles. The molecule has 1 saturated heterocycles. The van der Waals surface area contributed by atoms with Crippen molar-refractivity contribution in [2.45, 2.75) is 32.2 Å². The third-order valence-electron chi connectivity index (χ3n) is 3.26. The van der Waals surface area contributed by atoms with E-state index in [2.05, 4.69) is 22.4 Å². The van der Waals surface area contributed by atoms with Gasteiger partial charge in [0.2, 0.25) is 5.96 Å². The van der Waals surface area contributed by atoms with E-state index in [0.29, 0.717) is 17.0 Å². The van der Waals surface area contributed by atoms with E-state index in [0.717, 1.165) is 12.2 Å². The number of benzene rings is 1. The number of likely N-dealkylation sites (tertiary alicyclic amines) is 1. The molecular formula is C13H19ClN4. The Labute approximate surface area is 113 Å². The molecule has 4 nitrogen and oxygen atoms in total. The molecule has 0 aromatic heterocycles. The van der Waals surface area contributed by atoms with E-state index in [-0.39, 0.29) is 0 Å². The normalized spacial score (nSPS) is 20.9. The Morgan fingerprint density at radius 1 is 1.44 bits per heavy atom. The van der Waals surface area contributed by atoms with Gasteiger partial charge >= 0.3 is 0 Å². The van der Waals surface area contributed by atoms with E-state index < -0.39 is 0 Å². The van der Waals surface area contributed by atoms with Gasteiger partial charge in [0.1, 0.15) is 0 Å². The summed E-state index contributed by atoms with van der Waals surface area (Å²) in [6, 6.07) is 7.93. The highest BCUT2D eigenvalue weighted by Gasteiger charge is 2.19.